The van der Waals surface area contributed by atoms with Gasteiger partial charge in [0.25, 0.3) is 0 Å². The van der Waals surface area contributed by atoms with Crippen molar-refractivity contribution in [2.75, 3.05) is 38.3 Å². The SMILES string of the molecule is C[C@H](c1ccc2c(c1)OCCO2)N(C)c1cc(C2CCNCC2)ncn1. The third kappa shape index (κ3) is 3.46. The van der Waals surface area contributed by atoms with Crippen LogP contribution in [0.15, 0.2) is 30.6 Å². The quantitative estimate of drug-likeness (QED) is 0.911. The molecule has 0 saturated carbocycles. The zero-order valence-electron chi connectivity index (χ0n) is 15.4. The van der Waals surface area contributed by atoms with Gasteiger partial charge in [0.05, 0.1) is 6.04 Å². The number of piperidine rings is 1. The summed E-state index contributed by atoms with van der Waals surface area (Å²) in [5, 5.41) is 3.41. The van der Waals surface area contributed by atoms with Crippen LogP contribution in [0.4, 0.5) is 5.82 Å². The van der Waals surface area contributed by atoms with Crippen LogP contribution in [-0.4, -0.2) is 43.3 Å². The first-order chi connectivity index (χ1) is 12.7. The second kappa shape index (κ2) is 7.50. The molecule has 1 aromatic carbocycles. The third-order valence-electron chi connectivity index (χ3n) is 5.42. The fraction of sp³-hybridized carbons (Fsp3) is 0.500. The van der Waals surface area contributed by atoms with E-state index in [1.807, 2.05) is 6.07 Å². The van der Waals surface area contributed by atoms with Gasteiger partial charge in [-0.1, -0.05) is 6.07 Å². The predicted molar refractivity (Wildman–Crippen MR) is 101 cm³/mol. The summed E-state index contributed by atoms with van der Waals surface area (Å²) in [4.78, 5) is 11.2. The van der Waals surface area contributed by atoms with Crippen LogP contribution in [0.1, 0.15) is 43.0 Å². The van der Waals surface area contributed by atoms with Gasteiger partial charge in [-0.3, -0.25) is 0 Å². The highest BCUT2D eigenvalue weighted by Crippen LogP contribution is 2.35. The topological polar surface area (TPSA) is 59.5 Å². The first kappa shape index (κ1) is 17.1. The van der Waals surface area contributed by atoms with E-state index in [0.29, 0.717) is 19.1 Å². The van der Waals surface area contributed by atoms with E-state index in [1.54, 1.807) is 6.33 Å². The Kier molecular flexibility index (Phi) is 4.93. The Morgan fingerprint density at radius 2 is 1.85 bits per heavy atom. The average molecular weight is 354 g/mol. The Morgan fingerprint density at radius 3 is 2.65 bits per heavy atom. The largest absolute Gasteiger partial charge is 0.486 e. The Balaban J connectivity index is 1.54. The van der Waals surface area contributed by atoms with Gasteiger partial charge >= 0.3 is 0 Å². The highest BCUT2D eigenvalue weighted by molar-refractivity contribution is 5.48. The molecule has 2 aliphatic rings. The van der Waals surface area contributed by atoms with Crippen molar-refractivity contribution in [3.05, 3.63) is 41.9 Å². The van der Waals surface area contributed by atoms with Gasteiger partial charge in [-0.25, -0.2) is 9.97 Å². The first-order valence-corrected chi connectivity index (χ1v) is 9.37. The lowest BCUT2D eigenvalue weighted by Crippen LogP contribution is -2.27. The number of ether oxygens (including phenoxy) is 2. The number of rotatable bonds is 4. The molecular weight excluding hydrogens is 328 g/mol. The Hall–Kier alpha value is -2.34. The van der Waals surface area contributed by atoms with Gasteiger partial charge < -0.3 is 19.7 Å². The van der Waals surface area contributed by atoms with E-state index in [4.69, 9.17) is 9.47 Å². The smallest absolute Gasteiger partial charge is 0.161 e. The molecule has 0 bridgehead atoms. The molecule has 1 fully saturated rings. The van der Waals surface area contributed by atoms with Gasteiger partial charge in [0.15, 0.2) is 11.5 Å². The number of anilines is 1. The maximum atomic E-state index is 5.72. The van der Waals surface area contributed by atoms with Crippen LogP contribution >= 0.6 is 0 Å². The van der Waals surface area contributed by atoms with Crippen LogP contribution in [0.5, 0.6) is 11.5 Å². The zero-order valence-corrected chi connectivity index (χ0v) is 15.4. The van der Waals surface area contributed by atoms with Crippen molar-refractivity contribution in [3.63, 3.8) is 0 Å². The van der Waals surface area contributed by atoms with E-state index in [0.717, 1.165) is 48.9 Å². The maximum Gasteiger partial charge on any atom is 0.161 e. The molecule has 6 nitrogen and oxygen atoms in total. The molecular formula is C20H26N4O2. The summed E-state index contributed by atoms with van der Waals surface area (Å²) in [5.41, 5.74) is 2.33. The highest BCUT2D eigenvalue weighted by atomic mass is 16.6. The lowest BCUT2D eigenvalue weighted by Gasteiger charge is -2.29. The lowest BCUT2D eigenvalue weighted by molar-refractivity contribution is 0.171. The van der Waals surface area contributed by atoms with E-state index in [1.165, 1.54) is 5.56 Å². The van der Waals surface area contributed by atoms with E-state index in [-0.39, 0.29) is 6.04 Å². The van der Waals surface area contributed by atoms with E-state index >= 15 is 0 Å². The van der Waals surface area contributed by atoms with Gasteiger partial charge in [0.1, 0.15) is 25.4 Å². The van der Waals surface area contributed by atoms with Crippen LogP contribution in [0, 0.1) is 0 Å². The number of fused-ring (bicyclic) bond motifs is 1. The van der Waals surface area contributed by atoms with Crippen LogP contribution in [0.2, 0.25) is 0 Å². The standard InChI is InChI=1S/C20H26N4O2/c1-14(16-3-4-18-19(11-16)26-10-9-25-18)24(2)20-12-17(22-13-23-20)15-5-7-21-8-6-15/h3-4,11-15,21H,5-10H2,1-2H3/t14-/m1/s1. The zero-order chi connectivity index (χ0) is 17.9. The maximum absolute atomic E-state index is 5.72. The van der Waals surface area contributed by atoms with Crippen LogP contribution in [-0.2, 0) is 0 Å². The molecule has 1 atom stereocenters. The number of nitrogens with one attached hydrogen (secondary N) is 1. The van der Waals surface area contributed by atoms with Gasteiger partial charge in [-0.15, -0.1) is 0 Å². The average Bonchev–Trinajstić information content (AvgIpc) is 2.73. The molecule has 0 amide bonds. The second-order valence-corrected chi connectivity index (χ2v) is 7.02. The Labute approximate surface area is 154 Å². The minimum Gasteiger partial charge on any atom is -0.486 e. The summed E-state index contributed by atoms with van der Waals surface area (Å²) in [6.45, 7) is 5.52. The van der Waals surface area contributed by atoms with Crippen LogP contribution in [0.3, 0.4) is 0 Å². The second-order valence-electron chi connectivity index (χ2n) is 7.02. The van der Waals surface area contributed by atoms with E-state index in [9.17, 15) is 0 Å². The molecule has 1 saturated heterocycles. The predicted octanol–water partition coefficient (Wildman–Crippen LogP) is 2.91. The Bertz CT molecular complexity index is 761. The summed E-state index contributed by atoms with van der Waals surface area (Å²) in [7, 11) is 2.08. The molecule has 0 radical (unpaired) electrons. The molecule has 4 rings (SSSR count). The minimum atomic E-state index is 0.168. The van der Waals surface area contributed by atoms with E-state index < -0.39 is 0 Å². The van der Waals surface area contributed by atoms with Gasteiger partial charge in [0, 0.05) is 24.7 Å². The first-order valence-electron chi connectivity index (χ1n) is 9.37. The van der Waals surface area contributed by atoms with Gasteiger partial charge in [0.2, 0.25) is 0 Å². The molecule has 1 N–H and O–H groups in total. The summed E-state index contributed by atoms with van der Waals surface area (Å²) in [6.07, 6.45) is 3.97. The van der Waals surface area contributed by atoms with Crippen molar-refractivity contribution < 1.29 is 9.47 Å². The van der Waals surface area contributed by atoms with E-state index in [2.05, 4.69) is 52.4 Å². The number of aromatic nitrogens is 2. The highest BCUT2D eigenvalue weighted by Gasteiger charge is 2.21. The molecule has 1 aromatic heterocycles. The fourth-order valence-corrected chi connectivity index (χ4v) is 3.64. The molecule has 26 heavy (non-hydrogen) atoms. The summed E-state index contributed by atoms with van der Waals surface area (Å²) >= 11 is 0. The van der Waals surface area contributed by atoms with Crippen molar-refractivity contribution in [2.24, 2.45) is 0 Å². The number of benzene rings is 1. The third-order valence-corrected chi connectivity index (χ3v) is 5.42. The Morgan fingerprint density at radius 1 is 1.08 bits per heavy atom. The van der Waals surface area contributed by atoms with Gasteiger partial charge in [-0.2, -0.15) is 0 Å². The molecule has 2 aromatic rings. The fourth-order valence-electron chi connectivity index (χ4n) is 3.64. The summed E-state index contributed by atoms with van der Waals surface area (Å²) < 4.78 is 11.3. The van der Waals surface area contributed by atoms with Gasteiger partial charge in [-0.05, 0) is 50.6 Å². The molecule has 6 heteroatoms. The van der Waals surface area contributed by atoms with Crippen molar-refractivity contribution in [2.45, 2.75) is 31.7 Å². The van der Waals surface area contributed by atoms with Crippen molar-refractivity contribution in [3.8, 4) is 11.5 Å². The number of nitrogens with zero attached hydrogens (tertiary/aromatic N) is 3. The molecule has 0 spiro atoms. The van der Waals surface area contributed by atoms with Crippen molar-refractivity contribution >= 4 is 5.82 Å². The van der Waals surface area contributed by atoms with Crippen LogP contribution in [0.25, 0.3) is 0 Å². The molecule has 138 valence electrons. The van der Waals surface area contributed by atoms with Crippen LogP contribution < -0.4 is 19.7 Å². The number of hydrogen-bond acceptors (Lipinski definition) is 6. The number of hydrogen-bond donors (Lipinski definition) is 1. The lowest BCUT2D eigenvalue weighted by atomic mass is 9.94. The van der Waals surface area contributed by atoms with Crippen molar-refractivity contribution in [1.82, 2.24) is 15.3 Å². The molecule has 3 heterocycles. The summed E-state index contributed by atoms with van der Waals surface area (Å²) in [5.74, 6) is 3.13. The molecule has 2 aliphatic heterocycles. The van der Waals surface area contributed by atoms with Crippen molar-refractivity contribution in [1.29, 1.82) is 0 Å². The molecule has 0 unspecified atom stereocenters. The normalized spacial score (nSPS) is 18.4. The summed E-state index contributed by atoms with van der Waals surface area (Å²) in [6, 6.07) is 8.48. The minimum absolute atomic E-state index is 0.168. The molecule has 0 aliphatic carbocycles. The monoisotopic (exact) mass is 354 g/mol.